The molecule has 0 aliphatic rings. The van der Waals surface area contributed by atoms with Gasteiger partial charge in [-0.05, 0) is 0 Å². The number of nitrogens with zero attached hydrogens (tertiary/aromatic N) is 2. The Labute approximate surface area is 50.3 Å². The van der Waals surface area contributed by atoms with Gasteiger partial charge in [0.05, 0.1) is 0 Å². The Bertz CT molecular complexity index is 194. The highest BCUT2D eigenvalue weighted by Gasteiger charge is 2.03. The van der Waals surface area contributed by atoms with Crippen LogP contribution in [0.1, 0.15) is 5.89 Å². The van der Waals surface area contributed by atoms with Crippen LogP contribution in [-0.2, 0) is 11.2 Å². The first kappa shape index (κ1) is 5.74. The third-order valence-corrected chi connectivity index (χ3v) is 0.709. The van der Waals surface area contributed by atoms with Crippen LogP contribution < -0.4 is 0 Å². The van der Waals surface area contributed by atoms with Crippen molar-refractivity contribution >= 4 is 5.97 Å². The molecule has 0 saturated heterocycles. The molecule has 0 unspecified atom stereocenters. The van der Waals surface area contributed by atoms with Crippen molar-refractivity contribution in [3.63, 3.8) is 0 Å². The molecule has 0 bridgehead atoms. The zero-order valence-corrected chi connectivity index (χ0v) is 4.44. The molecule has 9 heavy (non-hydrogen) atoms. The minimum Gasteiger partial charge on any atom is -0.481 e. The number of carbonyl (C=O) groups is 1. The number of hydrogen-bond donors (Lipinski definition) is 1. The van der Waals surface area contributed by atoms with Gasteiger partial charge in [-0.2, -0.15) is 4.98 Å². The van der Waals surface area contributed by atoms with Gasteiger partial charge in [0.25, 0.3) is 0 Å². The van der Waals surface area contributed by atoms with Gasteiger partial charge in [0.2, 0.25) is 5.89 Å². The molecule has 0 atom stereocenters. The highest BCUT2D eigenvalue weighted by Crippen LogP contribution is 1.90. The number of rotatable bonds is 2. The summed E-state index contributed by atoms with van der Waals surface area (Å²) < 4.78 is 4.40. The van der Waals surface area contributed by atoms with E-state index in [2.05, 4.69) is 14.7 Å². The van der Waals surface area contributed by atoms with Crippen molar-refractivity contribution in [1.29, 1.82) is 0 Å². The first-order valence-corrected chi connectivity index (χ1v) is 2.26. The molecule has 5 nitrogen and oxygen atoms in total. The maximum atomic E-state index is 9.94. The second-order valence-electron chi connectivity index (χ2n) is 1.41. The summed E-state index contributed by atoms with van der Waals surface area (Å²) in [5, 5.41) is 11.4. The monoisotopic (exact) mass is 128 g/mol. The van der Waals surface area contributed by atoms with Crippen LogP contribution in [0, 0.1) is 0 Å². The zero-order valence-electron chi connectivity index (χ0n) is 4.44. The van der Waals surface area contributed by atoms with Gasteiger partial charge in [-0.3, -0.25) is 4.79 Å². The molecule has 1 aromatic rings. The van der Waals surface area contributed by atoms with E-state index in [0.717, 1.165) is 6.33 Å². The molecule has 1 aromatic heterocycles. The van der Waals surface area contributed by atoms with Gasteiger partial charge in [0, 0.05) is 0 Å². The van der Waals surface area contributed by atoms with Crippen LogP contribution in [0.3, 0.4) is 0 Å². The largest absolute Gasteiger partial charge is 0.481 e. The van der Waals surface area contributed by atoms with E-state index in [1.807, 2.05) is 0 Å². The average Bonchev–Trinajstić information content (AvgIpc) is 2.15. The van der Waals surface area contributed by atoms with Crippen molar-refractivity contribution in [3.8, 4) is 0 Å². The van der Waals surface area contributed by atoms with Crippen LogP contribution in [0.4, 0.5) is 0 Å². The van der Waals surface area contributed by atoms with Crippen molar-refractivity contribution < 1.29 is 14.4 Å². The van der Waals surface area contributed by atoms with Gasteiger partial charge in [-0.25, -0.2) is 0 Å². The molecular formula is C4H4N2O3. The van der Waals surface area contributed by atoms with Crippen LogP contribution in [0.5, 0.6) is 0 Å². The summed E-state index contributed by atoms with van der Waals surface area (Å²) in [6.45, 7) is 0. The van der Waals surface area contributed by atoms with Gasteiger partial charge in [-0.15, -0.1) is 0 Å². The average molecular weight is 128 g/mol. The molecule has 0 saturated carbocycles. The summed E-state index contributed by atoms with van der Waals surface area (Å²) in [6, 6.07) is 0. The Kier molecular flexibility index (Phi) is 1.44. The normalized spacial score (nSPS) is 9.33. The molecule has 0 aliphatic heterocycles. The summed E-state index contributed by atoms with van der Waals surface area (Å²) in [6.07, 6.45) is 0.957. The molecule has 0 aromatic carbocycles. The van der Waals surface area contributed by atoms with Crippen LogP contribution in [0.25, 0.3) is 0 Å². The summed E-state index contributed by atoms with van der Waals surface area (Å²) in [4.78, 5) is 13.4. The lowest BCUT2D eigenvalue weighted by Gasteiger charge is -1.81. The quantitative estimate of drug-likeness (QED) is 0.591. The highest BCUT2D eigenvalue weighted by molar-refractivity contribution is 5.68. The molecule has 0 amide bonds. The van der Waals surface area contributed by atoms with E-state index in [1.165, 1.54) is 0 Å². The Morgan fingerprint density at radius 2 is 2.67 bits per heavy atom. The van der Waals surface area contributed by atoms with Crippen LogP contribution in [0.2, 0.25) is 0 Å². The van der Waals surface area contributed by atoms with Crippen molar-refractivity contribution in [2.75, 3.05) is 0 Å². The third-order valence-electron chi connectivity index (χ3n) is 0.709. The van der Waals surface area contributed by atoms with Gasteiger partial charge < -0.3 is 9.63 Å². The SMILES string of the molecule is O=C(O)Cc1ncno1. The fourth-order valence-corrected chi connectivity index (χ4v) is 0.403. The maximum absolute atomic E-state index is 9.94. The Balaban J connectivity index is 2.58. The van der Waals surface area contributed by atoms with E-state index in [-0.39, 0.29) is 12.3 Å². The van der Waals surface area contributed by atoms with E-state index >= 15 is 0 Å². The van der Waals surface area contributed by atoms with Crippen LogP contribution in [0.15, 0.2) is 10.9 Å². The fraction of sp³-hybridized carbons (Fsp3) is 0.250. The van der Waals surface area contributed by atoms with Gasteiger partial charge in [0.1, 0.15) is 6.42 Å². The van der Waals surface area contributed by atoms with Crippen LogP contribution in [-0.4, -0.2) is 21.2 Å². The summed E-state index contributed by atoms with van der Waals surface area (Å²) in [5.41, 5.74) is 0. The van der Waals surface area contributed by atoms with E-state index in [1.54, 1.807) is 0 Å². The number of carboxylic acid groups (broad SMARTS) is 1. The Morgan fingerprint density at radius 3 is 3.11 bits per heavy atom. The minimum atomic E-state index is -0.973. The molecule has 1 heterocycles. The first-order chi connectivity index (χ1) is 4.29. The number of carboxylic acids is 1. The topological polar surface area (TPSA) is 76.2 Å². The molecule has 0 aliphatic carbocycles. The van der Waals surface area contributed by atoms with E-state index in [9.17, 15) is 4.79 Å². The smallest absolute Gasteiger partial charge is 0.312 e. The first-order valence-electron chi connectivity index (χ1n) is 2.26. The number of hydrogen-bond acceptors (Lipinski definition) is 4. The van der Waals surface area contributed by atoms with E-state index in [0.29, 0.717) is 0 Å². The summed E-state index contributed by atoms with van der Waals surface area (Å²) >= 11 is 0. The number of aromatic nitrogens is 2. The molecule has 48 valence electrons. The predicted octanol–water partition coefficient (Wildman–Crippen LogP) is -0.303. The molecule has 0 fully saturated rings. The second-order valence-corrected chi connectivity index (χ2v) is 1.41. The lowest BCUT2D eigenvalue weighted by atomic mass is 10.4. The fourth-order valence-electron chi connectivity index (χ4n) is 0.403. The van der Waals surface area contributed by atoms with Gasteiger partial charge in [-0.1, -0.05) is 5.16 Å². The van der Waals surface area contributed by atoms with E-state index in [4.69, 9.17) is 5.11 Å². The molecule has 0 radical (unpaired) electrons. The van der Waals surface area contributed by atoms with Crippen molar-refractivity contribution in [2.24, 2.45) is 0 Å². The molecular weight excluding hydrogens is 124 g/mol. The Hall–Kier alpha value is -1.39. The molecule has 5 heteroatoms. The maximum Gasteiger partial charge on any atom is 0.312 e. The van der Waals surface area contributed by atoms with Crippen molar-refractivity contribution in [1.82, 2.24) is 10.1 Å². The zero-order chi connectivity index (χ0) is 6.69. The van der Waals surface area contributed by atoms with Gasteiger partial charge >= 0.3 is 5.97 Å². The molecule has 1 rings (SSSR count). The lowest BCUT2D eigenvalue weighted by Crippen LogP contribution is -1.99. The highest BCUT2D eigenvalue weighted by atomic mass is 16.5. The van der Waals surface area contributed by atoms with Crippen LogP contribution >= 0.6 is 0 Å². The second kappa shape index (κ2) is 2.25. The molecule has 1 N–H and O–H groups in total. The molecule has 0 spiro atoms. The standard InChI is InChI=1S/C4H4N2O3/c7-4(8)1-3-5-2-6-9-3/h2H,1H2,(H,7,8). The Morgan fingerprint density at radius 1 is 1.89 bits per heavy atom. The van der Waals surface area contributed by atoms with Crippen molar-refractivity contribution in [3.05, 3.63) is 12.2 Å². The van der Waals surface area contributed by atoms with Crippen molar-refractivity contribution in [2.45, 2.75) is 6.42 Å². The summed E-state index contributed by atoms with van der Waals surface area (Å²) in [7, 11) is 0. The predicted molar refractivity (Wildman–Crippen MR) is 25.6 cm³/mol. The lowest BCUT2D eigenvalue weighted by molar-refractivity contribution is -0.136. The third kappa shape index (κ3) is 1.52. The number of aliphatic carboxylic acids is 1. The van der Waals surface area contributed by atoms with Gasteiger partial charge in [0.15, 0.2) is 6.33 Å². The van der Waals surface area contributed by atoms with E-state index < -0.39 is 5.97 Å². The minimum absolute atomic E-state index is 0.127. The summed E-state index contributed by atoms with van der Waals surface area (Å²) in [5.74, 6) is -0.846.